The molecule has 1 heterocycles. The molecule has 0 aliphatic heterocycles. The highest BCUT2D eigenvalue weighted by Crippen LogP contribution is 2.23. The summed E-state index contributed by atoms with van der Waals surface area (Å²) in [6, 6.07) is 0.824. The first-order valence-electron chi connectivity index (χ1n) is 5.64. The number of aliphatic hydroxyl groups excluding tert-OH is 1. The lowest BCUT2D eigenvalue weighted by Gasteiger charge is -2.13. The Kier molecular flexibility index (Phi) is 4.57. The van der Waals surface area contributed by atoms with Crippen LogP contribution in [-0.4, -0.2) is 38.9 Å². The minimum atomic E-state index is 0.187. The summed E-state index contributed by atoms with van der Waals surface area (Å²) in [5.74, 6) is 1.79. The predicted molar refractivity (Wildman–Crippen MR) is 67.0 cm³/mol. The highest BCUT2D eigenvalue weighted by molar-refractivity contribution is 8.00. The Balaban J connectivity index is 1.75. The summed E-state index contributed by atoms with van der Waals surface area (Å²) in [5, 5.41) is 12.6. The molecule has 0 aromatic carbocycles. The minimum Gasteiger partial charge on any atom is -0.395 e. The van der Waals surface area contributed by atoms with Crippen molar-refractivity contribution < 1.29 is 5.11 Å². The van der Waals surface area contributed by atoms with E-state index in [2.05, 4.69) is 21.6 Å². The fraction of sp³-hybridized carbons (Fsp3) is 0.800. The summed E-state index contributed by atoms with van der Waals surface area (Å²) in [4.78, 5) is 4.39. The first-order valence-corrected chi connectivity index (χ1v) is 7.40. The molecule has 2 N–H and O–H groups in total. The lowest BCUT2D eigenvalue weighted by molar-refractivity contribution is 0.253. The molecule has 1 aliphatic rings. The van der Waals surface area contributed by atoms with Crippen molar-refractivity contribution in [1.82, 2.24) is 14.7 Å². The first kappa shape index (κ1) is 12.3. The maximum absolute atomic E-state index is 9.22. The Morgan fingerprint density at radius 2 is 2.44 bits per heavy atom. The van der Waals surface area contributed by atoms with Gasteiger partial charge in [0.05, 0.1) is 6.61 Å². The number of hydrogen-bond acceptors (Lipinski definition) is 6. The molecule has 1 aromatic heterocycles. The molecule has 1 saturated carbocycles. The van der Waals surface area contributed by atoms with Gasteiger partial charge in [0, 0.05) is 24.3 Å². The molecule has 1 aliphatic carbocycles. The summed E-state index contributed by atoms with van der Waals surface area (Å²) in [7, 11) is 0. The molecule has 1 fully saturated rings. The quantitative estimate of drug-likeness (QED) is 0.723. The Bertz CT molecular complexity index is 328. The van der Waals surface area contributed by atoms with E-state index in [-0.39, 0.29) is 12.6 Å². The smallest absolute Gasteiger partial charge is 0.170 e. The number of thioether (sulfide) groups is 1. The van der Waals surface area contributed by atoms with Crippen molar-refractivity contribution in [2.75, 3.05) is 12.4 Å². The Hall–Kier alpha value is -0.170. The van der Waals surface area contributed by atoms with Crippen molar-refractivity contribution in [3.63, 3.8) is 0 Å². The van der Waals surface area contributed by atoms with Gasteiger partial charge in [-0.05, 0) is 24.4 Å². The topological polar surface area (TPSA) is 58.0 Å². The zero-order valence-electron chi connectivity index (χ0n) is 9.35. The van der Waals surface area contributed by atoms with Crippen molar-refractivity contribution in [3.05, 3.63) is 5.82 Å². The lowest BCUT2D eigenvalue weighted by Crippen LogP contribution is -2.36. The predicted octanol–water partition coefficient (Wildman–Crippen LogP) is 1.31. The van der Waals surface area contributed by atoms with Crippen molar-refractivity contribution in [1.29, 1.82) is 0 Å². The first-order chi connectivity index (χ1) is 7.81. The molecular weight excluding hydrogens is 242 g/mol. The molecule has 1 unspecified atom stereocenters. The Labute approximate surface area is 104 Å². The van der Waals surface area contributed by atoms with Gasteiger partial charge < -0.3 is 10.4 Å². The Morgan fingerprint density at radius 1 is 1.62 bits per heavy atom. The van der Waals surface area contributed by atoms with Gasteiger partial charge in [0.2, 0.25) is 0 Å². The number of aliphatic hydroxyl groups is 1. The lowest BCUT2D eigenvalue weighted by atomic mass is 10.3. The zero-order chi connectivity index (χ0) is 11.4. The van der Waals surface area contributed by atoms with Crippen molar-refractivity contribution in [2.24, 2.45) is 0 Å². The third kappa shape index (κ3) is 3.69. The van der Waals surface area contributed by atoms with E-state index in [0.717, 1.165) is 22.3 Å². The summed E-state index contributed by atoms with van der Waals surface area (Å²) in [6.07, 6.45) is 3.39. The van der Waals surface area contributed by atoms with Gasteiger partial charge in [0.15, 0.2) is 4.34 Å². The number of nitrogens with one attached hydrogen (secondary N) is 1. The molecule has 16 heavy (non-hydrogen) atoms. The zero-order valence-corrected chi connectivity index (χ0v) is 11.0. The average molecular weight is 259 g/mol. The third-order valence-corrected chi connectivity index (χ3v) is 4.48. The highest BCUT2D eigenvalue weighted by Gasteiger charge is 2.24. The number of aryl methyl sites for hydroxylation is 1. The van der Waals surface area contributed by atoms with Gasteiger partial charge in [-0.2, -0.15) is 4.37 Å². The molecule has 0 amide bonds. The third-order valence-electron chi connectivity index (χ3n) is 2.44. The van der Waals surface area contributed by atoms with Crippen LogP contribution >= 0.6 is 23.3 Å². The van der Waals surface area contributed by atoms with E-state index in [9.17, 15) is 5.11 Å². The van der Waals surface area contributed by atoms with Crippen LogP contribution in [0.1, 0.15) is 25.6 Å². The van der Waals surface area contributed by atoms with Crippen LogP contribution in [0.15, 0.2) is 4.34 Å². The van der Waals surface area contributed by atoms with Gasteiger partial charge in [-0.15, -0.1) is 0 Å². The molecule has 0 bridgehead atoms. The van der Waals surface area contributed by atoms with Crippen molar-refractivity contribution in [2.45, 2.75) is 42.6 Å². The molecule has 1 atom stereocenters. The standard InChI is InChI=1S/C10H17N3OS2/c1-2-9-12-10(16-13-9)15-6-8(5-14)11-7-3-4-7/h7-8,11,14H,2-6H2,1H3. The van der Waals surface area contributed by atoms with Crippen LogP contribution in [0.3, 0.4) is 0 Å². The molecule has 0 spiro atoms. The number of hydrogen-bond donors (Lipinski definition) is 2. The molecule has 4 nitrogen and oxygen atoms in total. The van der Waals surface area contributed by atoms with Crippen LogP contribution in [0.2, 0.25) is 0 Å². The highest BCUT2D eigenvalue weighted by atomic mass is 32.2. The number of nitrogens with zero attached hydrogens (tertiary/aromatic N) is 2. The van der Waals surface area contributed by atoms with Crippen LogP contribution in [0, 0.1) is 0 Å². The second-order valence-corrected chi connectivity index (χ2v) is 5.98. The minimum absolute atomic E-state index is 0.187. The van der Waals surface area contributed by atoms with E-state index >= 15 is 0 Å². The normalized spacial score (nSPS) is 17.6. The van der Waals surface area contributed by atoms with E-state index in [4.69, 9.17) is 0 Å². The van der Waals surface area contributed by atoms with Crippen molar-refractivity contribution >= 4 is 23.3 Å². The summed E-state index contributed by atoms with van der Waals surface area (Å²) in [6.45, 7) is 2.25. The molecular formula is C10H17N3OS2. The van der Waals surface area contributed by atoms with Gasteiger partial charge in [-0.25, -0.2) is 4.98 Å². The van der Waals surface area contributed by atoms with Gasteiger partial charge in [-0.1, -0.05) is 18.7 Å². The number of aromatic nitrogens is 2. The molecule has 90 valence electrons. The summed E-state index contributed by atoms with van der Waals surface area (Å²) < 4.78 is 5.25. The maximum atomic E-state index is 9.22. The van der Waals surface area contributed by atoms with Gasteiger partial charge >= 0.3 is 0 Å². The summed E-state index contributed by atoms with van der Waals surface area (Å²) >= 11 is 3.14. The fourth-order valence-electron chi connectivity index (χ4n) is 1.35. The van der Waals surface area contributed by atoms with Gasteiger partial charge in [-0.3, -0.25) is 0 Å². The van der Waals surface area contributed by atoms with Gasteiger partial charge in [0.25, 0.3) is 0 Å². The van der Waals surface area contributed by atoms with Crippen LogP contribution in [0.5, 0.6) is 0 Å². The fourth-order valence-corrected chi connectivity index (χ4v) is 3.09. The molecule has 0 radical (unpaired) electrons. The van der Waals surface area contributed by atoms with Gasteiger partial charge in [0.1, 0.15) is 5.82 Å². The molecule has 1 aromatic rings. The van der Waals surface area contributed by atoms with Crippen LogP contribution in [0.4, 0.5) is 0 Å². The van der Waals surface area contributed by atoms with Crippen LogP contribution in [-0.2, 0) is 6.42 Å². The molecule has 2 rings (SSSR count). The second-order valence-electron chi connectivity index (χ2n) is 3.96. The SMILES string of the molecule is CCc1nsc(SCC(CO)NC2CC2)n1. The monoisotopic (exact) mass is 259 g/mol. The number of rotatable bonds is 7. The average Bonchev–Trinajstić information content (AvgIpc) is 3.00. The van der Waals surface area contributed by atoms with E-state index in [1.54, 1.807) is 11.8 Å². The second kappa shape index (κ2) is 5.95. The molecule has 6 heteroatoms. The maximum Gasteiger partial charge on any atom is 0.170 e. The largest absolute Gasteiger partial charge is 0.395 e. The van der Waals surface area contributed by atoms with E-state index < -0.39 is 0 Å². The molecule has 0 saturated heterocycles. The van der Waals surface area contributed by atoms with E-state index in [0.29, 0.717) is 6.04 Å². The van der Waals surface area contributed by atoms with E-state index in [1.807, 2.05) is 0 Å². The van der Waals surface area contributed by atoms with Crippen LogP contribution < -0.4 is 5.32 Å². The van der Waals surface area contributed by atoms with Crippen molar-refractivity contribution in [3.8, 4) is 0 Å². The Morgan fingerprint density at radius 3 is 3.00 bits per heavy atom. The van der Waals surface area contributed by atoms with Crippen LogP contribution in [0.25, 0.3) is 0 Å². The van der Waals surface area contributed by atoms with E-state index in [1.165, 1.54) is 24.4 Å². The summed E-state index contributed by atoms with van der Waals surface area (Å²) in [5.41, 5.74) is 0.